The molecule has 0 saturated carbocycles. The van der Waals surface area contributed by atoms with Crippen LogP contribution in [-0.2, 0) is 16.2 Å². The van der Waals surface area contributed by atoms with Gasteiger partial charge in [0.1, 0.15) is 0 Å². The quantitative estimate of drug-likeness (QED) is 0.598. The maximum Gasteiger partial charge on any atom is 0.418 e. The SMILES string of the molecule is Cc1c(S(=O)(=O)N[C@H](C)C2CCNCC2)ccc(NC(=O)c2ccccc2)c1C(F)(F)F. The molecular formula is C22H26F3N3O3S. The zero-order chi connectivity index (χ0) is 23.5. The van der Waals surface area contributed by atoms with Crippen molar-refractivity contribution in [1.29, 1.82) is 0 Å². The second-order valence-electron chi connectivity index (χ2n) is 7.93. The smallest absolute Gasteiger partial charge is 0.321 e. The highest BCUT2D eigenvalue weighted by molar-refractivity contribution is 7.89. The van der Waals surface area contributed by atoms with Gasteiger partial charge in [0.15, 0.2) is 0 Å². The Balaban J connectivity index is 1.93. The molecule has 1 heterocycles. The number of hydrogen-bond acceptors (Lipinski definition) is 4. The van der Waals surface area contributed by atoms with E-state index in [9.17, 15) is 26.4 Å². The molecule has 1 aliphatic rings. The van der Waals surface area contributed by atoms with Gasteiger partial charge < -0.3 is 10.6 Å². The van der Waals surface area contributed by atoms with Crippen molar-refractivity contribution in [2.24, 2.45) is 5.92 Å². The number of carbonyl (C=O) groups excluding carboxylic acids is 1. The first-order chi connectivity index (χ1) is 15.0. The molecule has 10 heteroatoms. The Hall–Kier alpha value is -2.43. The molecule has 0 bridgehead atoms. The van der Waals surface area contributed by atoms with Crippen molar-refractivity contribution >= 4 is 21.6 Å². The third-order valence-electron chi connectivity index (χ3n) is 5.70. The lowest BCUT2D eigenvalue weighted by Gasteiger charge is -2.29. The number of hydrogen-bond donors (Lipinski definition) is 3. The highest BCUT2D eigenvalue weighted by Crippen LogP contribution is 2.40. The minimum Gasteiger partial charge on any atom is -0.321 e. The van der Waals surface area contributed by atoms with E-state index in [1.807, 2.05) is 0 Å². The summed E-state index contributed by atoms with van der Waals surface area (Å²) in [5, 5.41) is 5.46. The van der Waals surface area contributed by atoms with Crippen LogP contribution in [0.25, 0.3) is 0 Å². The molecule has 1 atom stereocenters. The number of sulfonamides is 1. The fourth-order valence-electron chi connectivity index (χ4n) is 3.99. The second kappa shape index (κ2) is 9.60. The van der Waals surface area contributed by atoms with Crippen LogP contribution in [0, 0.1) is 12.8 Å². The van der Waals surface area contributed by atoms with Crippen LogP contribution in [0.2, 0.25) is 0 Å². The normalized spacial score (nSPS) is 16.5. The molecule has 0 aliphatic carbocycles. The highest BCUT2D eigenvalue weighted by Gasteiger charge is 2.38. The molecule has 2 aromatic carbocycles. The summed E-state index contributed by atoms with van der Waals surface area (Å²) >= 11 is 0. The van der Waals surface area contributed by atoms with Crippen LogP contribution in [0.5, 0.6) is 0 Å². The van der Waals surface area contributed by atoms with E-state index in [0.29, 0.717) is 0 Å². The number of benzene rings is 2. The van der Waals surface area contributed by atoms with E-state index in [0.717, 1.165) is 45.0 Å². The number of nitrogens with one attached hydrogen (secondary N) is 3. The first kappa shape index (κ1) is 24.2. The van der Waals surface area contributed by atoms with E-state index in [4.69, 9.17) is 0 Å². The van der Waals surface area contributed by atoms with Crippen molar-refractivity contribution in [3.8, 4) is 0 Å². The second-order valence-corrected chi connectivity index (χ2v) is 9.61. The minimum atomic E-state index is -4.87. The van der Waals surface area contributed by atoms with Gasteiger partial charge in [0.25, 0.3) is 5.91 Å². The first-order valence-electron chi connectivity index (χ1n) is 10.3. The molecule has 1 fully saturated rings. The Labute approximate surface area is 185 Å². The van der Waals surface area contributed by atoms with Crippen molar-refractivity contribution in [2.75, 3.05) is 18.4 Å². The molecule has 3 rings (SSSR count). The van der Waals surface area contributed by atoms with Gasteiger partial charge in [0.05, 0.1) is 16.1 Å². The number of piperidine rings is 1. The van der Waals surface area contributed by atoms with Crippen LogP contribution in [-0.4, -0.2) is 33.5 Å². The van der Waals surface area contributed by atoms with Crippen molar-refractivity contribution in [1.82, 2.24) is 10.0 Å². The topological polar surface area (TPSA) is 87.3 Å². The van der Waals surface area contributed by atoms with Gasteiger partial charge in [-0.1, -0.05) is 18.2 Å². The number of carbonyl (C=O) groups is 1. The molecule has 1 aliphatic heterocycles. The zero-order valence-electron chi connectivity index (χ0n) is 17.8. The number of amides is 1. The Kier molecular flexibility index (Phi) is 7.26. The summed E-state index contributed by atoms with van der Waals surface area (Å²) in [5.41, 5.74) is -1.95. The van der Waals surface area contributed by atoms with E-state index in [1.54, 1.807) is 25.1 Å². The summed E-state index contributed by atoms with van der Waals surface area (Å²) in [5.74, 6) is -0.624. The molecular weight excluding hydrogens is 443 g/mol. The van der Waals surface area contributed by atoms with E-state index in [1.165, 1.54) is 12.1 Å². The van der Waals surface area contributed by atoms with Gasteiger partial charge in [-0.05, 0) is 75.5 Å². The number of halogens is 3. The van der Waals surface area contributed by atoms with Crippen molar-refractivity contribution < 1.29 is 26.4 Å². The van der Waals surface area contributed by atoms with Gasteiger partial charge in [0.2, 0.25) is 10.0 Å². The van der Waals surface area contributed by atoms with Gasteiger partial charge in [-0.3, -0.25) is 4.79 Å². The third kappa shape index (κ3) is 5.48. The van der Waals surface area contributed by atoms with Gasteiger partial charge in [0, 0.05) is 11.6 Å². The van der Waals surface area contributed by atoms with Gasteiger partial charge in [-0.15, -0.1) is 0 Å². The average molecular weight is 470 g/mol. The van der Waals surface area contributed by atoms with E-state index in [-0.39, 0.29) is 11.5 Å². The van der Waals surface area contributed by atoms with Gasteiger partial charge in [-0.2, -0.15) is 13.2 Å². The largest absolute Gasteiger partial charge is 0.418 e. The first-order valence-corrected chi connectivity index (χ1v) is 11.8. The van der Waals surface area contributed by atoms with Gasteiger partial charge in [-0.25, -0.2) is 13.1 Å². The maximum absolute atomic E-state index is 13.9. The predicted molar refractivity (Wildman–Crippen MR) is 116 cm³/mol. The van der Waals surface area contributed by atoms with Crippen LogP contribution >= 0.6 is 0 Å². The summed E-state index contributed by atoms with van der Waals surface area (Å²) < 4.78 is 70.2. The summed E-state index contributed by atoms with van der Waals surface area (Å²) in [6.45, 7) is 4.36. The molecule has 174 valence electrons. The number of rotatable bonds is 6. The van der Waals surface area contributed by atoms with Crippen molar-refractivity contribution in [3.63, 3.8) is 0 Å². The number of anilines is 1. The Morgan fingerprint density at radius 2 is 1.72 bits per heavy atom. The van der Waals surface area contributed by atoms with E-state index < -0.39 is 49.9 Å². The van der Waals surface area contributed by atoms with E-state index >= 15 is 0 Å². The molecule has 1 saturated heterocycles. The monoisotopic (exact) mass is 469 g/mol. The lowest BCUT2D eigenvalue weighted by molar-refractivity contribution is -0.137. The fourth-order valence-corrected chi connectivity index (χ4v) is 5.55. The fraction of sp³-hybridized carbons (Fsp3) is 0.409. The maximum atomic E-state index is 13.9. The van der Waals surface area contributed by atoms with Crippen LogP contribution in [0.3, 0.4) is 0 Å². The van der Waals surface area contributed by atoms with Gasteiger partial charge >= 0.3 is 6.18 Å². The Morgan fingerprint density at radius 1 is 1.09 bits per heavy atom. The Morgan fingerprint density at radius 3 is 2.31 bits per heavy atom. The van der Waals surface area contributed by atoms with Crippen molar-refractivity contribution in [2.45, 2.75) is 43.8 Å². The average Bonchev–Trinajstić information content (AvgIpc) is 2.73. The molecule has 0 unspecified atom stereocenters. The van der Waals surface area contributed by atoms with Crippen LogP contribution in [0.15, 0.2) is 47.4 Å². The molecule has 0 radical (unpaired) electrons. The minimum absolute atomic E-state index is 0.0952. The lowest BCUT2D eigenvalue weighted by Crippen LogP contribution is -2.42. The van der Waals surface area contributed by atoms with E-state index in [2.05, 4.69) is 15.4 Å². The van der Waals surface area contributed by atoms with Crippen LogP contribution in [0.1, 0.15) is 41.3 Å². The zero-order valence-corrected chi connectivity index (χ0v) is 18.6. The summed E-state index contributed by atoms with van der Waals surface area (Å²) in [7, 11) is -4.20. The molecule has 1 amide bonds. The summed E-state index contributed by atoms with van der Waals surface area (Å²) in [6.07, 6.45) is -3.31. The molecule has 2 aromatic rings. The lowest BCUT2D eigenvalue weighted by atomic mass is 9.92. The van der Waals surface area contributed by atoms with Crippen LogP contribution < -0.4 is 15.4 Å². The summed E-state index contributed by atoms with van der Waals surface area (Å²) in [6, 6.07) is 9.47. The van der Waals surface area contributed by atoms with Crippen LogP contribution in [0.4, 0.5) is 18.9 Å². The molecule has 32 heavy (non-hydrogen) atoms. The molecule has 6 nitrogen and oxygen atoms in total. The summed E-state index contributed by atoms with van der Waals surface area (Å²) in [4.78, 5) is 11.9. The standard InChI is InChI=1S/C22H26F3N3O3S/c1-14-19(32(30,31)28-15(2)16-10-12-26-13-11-16)9-8-18(20(14)22(23,24)25)27-21(29)17-6-4-3-5-7-17/h3-9,15-16,26,28H,10-13H2,1-2H3,(H,27,29)/t15-/m1/s1. The van der Waals surface area contributed by atoms with Crippen molar-refractivity contribution in [3.05, 3.63) is 59.2 Å². The highest BCUT2D eigenvalue weighted by atomic mass is 32.2. The molecule has 0 aromatic heterocycles. The number of alkyl halides is 3. The third-order valence-corrected chi connectivity index (χ3v) is 7.41. The molecule has 3 N–H and O–H groups in total. The molecule has 0 spiro atoms. The predicted octanol–water partition coefficient (Wildman–Crippen LogP) is 3.93. The Bertz CT molecular complexity index is 1070.